The van der Waals surface area contributed by atoms with Crippen LogP contribution in [0, 0.1) is 8.99 Å². The summed E-state index contributed by atoms with van der Waals surface area (Å²) in [6, 6.07) is 4.96. The number of pyridine rings is 1. The minimum Gasteiger partial charge on any atom is -0.410 e. The molecule has 0 saturated heterocycles. The van der Waals surface area contributed by atoms with Gasteiger partial charge in [0.2, 0.25) is 0 Å². The van der Waals surface area contributed by atoms with Crippen LogP contribution in [0.3, 0.4) is 0 Å². The molecular weight excluding hydrogens is 594 g/mol. The lowest BCUT2D eigenvalue weighted by molar-refractivity contribution is -0.137. The Morgan fingerprint density at radius 2 is 1.78 bits per heavy atom. The summed E-state index contributed by atoms with van der Waals surface area (Å²) < 4.78 is 48.1. The van der Waals surface area contributed by atoms with E-state index < -0.39 is 26.2 Å². The lowest BCUT2D eigenvalue weighted by Crippen LogP contribution is -2.44. The van der Waals surface area contributed by atoms with Crippen molar-refractivity contribution < 1.29 is 22.7 Å². The molecule has 0 radical (unpaired) electrons. The van der Waals surface area contributed by atoms with Crippen molar-refractivity contribution in [1.29, 1.82) is 0 Å². The predicted octanol–water partition coefficient (Wildman–Crippen LogP) is 8.95. The molecule has 2 aromatic rings. The molecule has 3 nitrogen and oxygen atoms in total. The molecule has 1 heterocycles. The first-order chi connectivity index (χ1) is 16.2. The molecule has 36 heavy (non-hydrogen) atoms. The van der Waals surface area contributed by atoms with Crippen molar-refractivity contribution >= 4 is 30.9 Å². The van der Waals surface area contributed by atoms with E-state index in [1.807, 2.05) is 13.8 Å². The van der Waals surface area contributed by atoms with E-state index in [4.69, 9.17) is 9.41 Å². The first kappa shape index (κ1) is 29.6. The van der Waals surface area contributed by atoms with Crippen molar-refractivity contribution in [3.05, 3.63) is 61.5 Å². The number of fused-ring (bicyclic) bond motifs is 1. The Morgan fingerprint density at radius 3 is 2.31 bits per heavy atom. The van der Waals surface area contributed by atoms with Crippen LogP contribution in [-0.2, 0) is 17.0 Å². The monoisotopic (exact) mass is 633 g/mol. The molecule has 0 saturated carbocycles. The molecule has 1 aliphatic carbocycles. The van der Waals surface area contributed by atoms with E-state index in [-0.39, 0.29) is 28.0 Å². The van der Waals surface area contributed by atoms with Crippen LogP contribution in [0.1, 0.15) is 107 Å². The summed E-state index contributed by atoms with van der Waals surface area (Å²) in [4.78, 5) is 5.08. The van der Waals surface area contributed by atoms with E-state index in [2.05, 4.69) is 70.3 Å². The van der Waals surface area contributed by atoms with E-state index in [1.54, 1.807) is 6.07 Å². The van der Waals surface area contributed by atoms with Gasteiger partial charge in [0.15, 0.2) is 8.32 Å². The molecule has 0 bridgehead atoms. The molecule has 3 rings (SSSR count). The van der Waals surface area contributed by atoms with Gasteiger partial charge in [-0.25, -0.2) is 0 Å². The summed E-state index contributed by atoms with van der Waals surface area (Å²) >= 11 is 2.26. The second kappa shape index (κ2) is 9.97. The Labute approximate surface area is 228 Å². The second-order valence-electron chi connectivity index (χ2n) is 12.7. The van der Waals surface area contributed by atoms with Gasteiger partial charge in [-0.15, -0.1) is 0 Å². The van der Waals surface area contributed by atoms with Crippen molar-refractivity contribution in [2.24, 2.45) is 5.41 Å². The van der Waals surface area contributed by atoms with Crippen LogP contribution >= 0.6 is 22.6 Å². The van der Waals surface area contributed by atoms with Crippen LogP contribution < -0.4 is 0 Å². The van der Waals surface area contributed by atoms with E-state index in [0.717, 1.165) is 45.5 Å². The zero-order valence-electron chi connectivity index (χ0n) is 22.8. The normalized spacial score (nSPS) is 19.4. The Kier molecular flexibility index (Phi) is 8.19. The number of aliphatic hydroxyl groups excluding tert-OH is 1. The summed E-state index contributed by atoms with van der Waals surface area (Å²) in [6.45, 7) is 19.6. The summed E-state index contributed by atoms with van der Waals surface area (Å²) in [7, 11) is -2.14. The van der Waals surface area contributed by atoms with Crippen molar-refractivity contribution in [3.8, 4) is 0 Å². The molecule has 200 valence electrons. The zero-order chi connectivity index (χ0) is 27.4. The average Bonchev–Trinajstić information content (AvgIpc) is 2.70. The highest BCUT2D eigenvalue weighted by atomic mass is 127. The lowest BCUT2D eigenvalue weighted by atomic mass is 9.74. The average molecular weight is 634 g/mol. The summed E-state index contributed by atoms with van der Waals surface area (Å²) in [5, 5.41) is 11.5. The zero-order valence-corrected chi connectivity index (χ0v) is 25.9. The van der Waals surface area contributed by atoms with Gasteiger partial charge in [0, 0.05) is 20.4 Å². The minimum atomic E-state index is -4.48. The molecule has 1 N–H and O–H groups in total. The SMILES string of the molecule is CC(C)c1nc2c(c(I)c1C(O)c1cccc(C(F)(F)F)c1)[C@H](O[Si](C)(C)C(C)(C)C)CC(C)(C)C2. The van der Waals surface area contributed by atoms with Crippen molar-refractivity contribution in [2.45, 2.75) is 104 Å². The largest absolute Gasteiger partial charge is 0.416 e. The maximum atomic E-state index is 13.4. The molecular formula is C28H39F3INO2Si. The number of hydrogen-bond donors (Lipinski definition) is 1. The van der Waals surface area contributed by atoms with Gasteiger partial charge >= 0.3 is 6.18 Å². The number of hydrogen-bond acceptors (Lipinski definition) is 3. The topological polar surface area (TPSA) is 42.4 Å². The number of aliphatic hydroxyl groups is 1. The van der Waals surface area contributed by atoms with Gasteiger partial charge in [-0.3, -0.25) is 4.98 Å². The van der Waals surface area contributed by atoms with Crippen molar-refractivity contribution in [2.75, 3.05) is 0 Å². The third-order valence-electron chi connectivity index (χ3n) is 7.61. The first-order valence-corrected chi connectivity index (χ1v) is 16.5. The minimum absolute atomic E-state index is 0.00840. The van der Waals surface area contributed by atoms with E-state index in [1.165, 1.54) is 6.07 Å². The van der Waals surface area contributed by atoms with Gasteiger partial charge in [0.1, 0.15) is 6.10 Å². The van der Waals surface area contributed by atoms with Crippen LogP contribution in [0.4, 0.5) is 13.2 Å². The van der Waals surface area contributed by atoms with Gasteiger partial charge in [-0.1, -0.05) is 60.6 Å². The summed E-state index contributed by atoms with van der Waals surface area (Å²) in [5.74, 6) is -0.0101. The fraction of sp³-hybridized carbons (Fsp3) is 0.607. The molecule has 8 heteroatoms. The lowest BCUT2D eigenvalue weighted by Gasteiger charge is -2.44. The van der Waals surface area contributed by atoms with Gasteiger partial charge in [-0.05, 0) is 82.6 Å². The maximum Gasteiger partial charge on any atom is 0.416 e. The Hall–Kier alpha value is -0.973. The number of halogens is 4. The second-order valence-corrected chi connectivity index (χ2v) is 18.5. The standard InChI is InChI=1S/C28H39F3INO2Si/c1-16(2)24-22(25(34)17-11-10-12-18(13-17)28(29,30)31)23(32)21-19(33-24)14-27(6,7)15-20(21)35-36(8,9)26(3,4)5/h10-13,16,20,25,34H,14-15H2,1-9H3/t20-,25?/m1/s1. The fourth-order valence-electron chi connectivity index (χ4n) is 4.63. The van der Waals surface area contributed by atoms with Crippen LogP contribution in [0.2, 0.25) is 18.1 Å². The summed E-state index contributed by atoms with van der Waals surface area (Å²) in [5.41, 5.74) is 2.72. The number of alkyl halides is 3. The van der Waals surface area contributed by atoms with Gasteiger partial charge in [0.05, 0.1) is 17.4 Å². The smallest absolute Gasteiger partial charge is 0.410 e. The third kappa shape index (κ3) is 6.02. The maximum absolute atomic E-state index is 13.4. The van der Waals surface area contributed by atoms with Crippen molar-refractivity contribution in [3.63, 3.8) is 0 Å². The quantitative estimate of drug-likeness (QED) is 0.264. The molecule has 1 unspecified atom stereocenters. The first-order valence-electron chi connectivity index (χ1n) is 12.5. The highest BCUT2D eigenvalue weighted by Crippen LogP contribution is 2.50. The van der Waals surface area contributed by atoms with E-state index in [0.29, 0.717) is 5.56 Å². The Bertz CT molecular complexity index is 1120. The van der Waals surface area contributed by atoms with Gasteiger partial charge < -0.3 is 9.53 Å². The molecule has 1 aromatic heterocycles. The molecule has 0 aliphatic heterocycles. The number of benzene rings is 1. The molecule has 1 aliphatic rings. The van der Waals surface area contributed by atoms with Crippen LogP contribution in [0.5, 0.6) is 0 Å². The molecule has 0 amide bonds. The third-order valence-corrected chi connectivity index (χ3v) is 13.3. The van der Waals surface area contributed by atoms with Crippen LogP contribution in [-0.4, -0.2) is 18.4 Å². The molecule has 1 aromatic carbocycles. The van der Waals surface area contributed by atoms with Crippen LogP contribution in [0.25, 0.3) is 0 Å². The van der Waals surface area contributed by atoms with E-state index in [9.17, 15) is 18.3 Å². The molecule has 2 atom stereocenters. The molecule has 0 fully saturated rings. The van der Waals surface area contributed by atoms with Crippen LogP contribution in [0.15, 0.2) is 24.3 Å². The Balaban J connectivity index is 2.22. The van der Waals surface area contributed by atoms with E-state index >= 15 is 0 Å². The molecule has 0 spiro atoms. The predicted molar refractivity (Wildman–Crippen MR) is 150 cm³/mol. The van der Waals surface area contributed by atoms with Crippen molar-refractivity contribution in [1.82, 2.24) is 4.98 Å². The fourth-order valence-corrected chi connectivity index (χ4v) is 7.12. The summed E-state index contributed by atoms with van der Waals surface area (Å²) in [6.07, 6.45) is -4.28. The van der Waals surface area contributed by atoms with Gasteiger partial charge in [-0.2, -0.15) is 13.2 Å². The highest BCUT2D eigenvalue weighted by molar-refractivity contribution is 14.1. The van der Waals surface area contributed by atoms with Gasteiger partial charge in [0.25, 0.3) is 0 Å². The highest BCUT2D eigenvalue weighted by Gasteiger charge is 2.44. The Morgan fingerprint density at radius 1 is 1.17 bits per heavy atom. The number of aromatic nitrogens is 1. The number of rotatable bonds is 5. The number of nitrogens with zero attached hydrogens (tertiary/aromatic N) is 1.